The van der Waals surface area contributed by atoms with Gasteiger partial charge in [-0.3, -0.25) is 0 Å². The van der Waals surface area contributed by atoms with Crippen LogP contribution in [0.15, 0.2) is 24.8 Å². The molecule has 0 aliphatic rings. The Morgan fingerprint density at radius 3 is 2.00 bits per heavy atom. The molecule has 0 spiro atoms. The molecule has 1 nitrogen and oxygen atoms in total. The zero-order valence-electron chi connectivity index (χ0n) is 10.4. The number of rotatable bonds is 3. The third-order valence-corrected chi connectivity index (χ3v) is 2.55. The second-order valence-electron chi connectivity index (χ2n) is 4.05. The molecule has 1 atom stereocenters. The highest BCUT2D eigenvalue weighted by Crippen LogP contribution is 2.40. The van der Waals surface area contributed by atoms with Crippen LogP contribution in [-0.4, -0.2) is 0 Å². The lowest BCUT2D eigenvalue weighted by molar-refractivity contribution is -0.144. The number of hydrogen-bond donors (Lipinski definition) is 1. The van der Waals surface area contributed by atoms with Crippen molar-refractivity contribution >= 4 is 12.4 Å². The van der Waals surface area contributed by atoms with Crippen LogP contribution >= 0.6 is 12.4 Å². The van der Waals surface area contributed by atoms with Gasteiger partial charge in [-0.2, -0.15) is 26.3 Å². The number of benzene rings is 1. The van der Waals surface area contributed by atoms with Crippen LogP contribution < -0.4 is 5.73 Å². The maximum Gasteiger partial charge on any atom is 0.416 e. The van der Waals surface area contributed by atoms with E-state index in [0.717, 1.165) is 6.08 Å². The number of alkyl halides is 6. The molecule has 0 amide bonds. The average Bonchev–Trinajstić information content (AvgIpc) is 2.25. The van der Waals surface area contributed by atoms with Crippen LogP contribution in [0.1, 0.15) is 29.2 Å². The van der Waals surface area contributed by atoms with E-state index in [1.807, 2.05) is 0 Å². The van der Waals surface area contributed by atoms with Crippen LogP contribution in [0, 0.1) is 5.82 Å². The average molecular weight is 338 g/mol. The zero-order valence-corrected chi connectivity index (χ0v) is 11.2. The van der Waals surface area contributed by atoms with Gasteiger partial charge in [0.1, 0.15) is 5.82 Å². The zero-order chi connectivity index (χ0) is 15.7. The van der Waals surface area contributed by atoms with E-state index in [9.17, 15) is 30.7 Å². The lowest BCUT2D eigenvalue weighted by atomic mass is 9.95. The predicted molar refractivity (Wildman–Crippen MR) is 65.4 cm³/mol. The van der Waals surface area contributed by atoms with Crippen LogP contribution in [0.5, 0.6) is 0 Å². The largest absolute Gasteiger partial charge is 0.416 e. The molecular weight excluding hydrogens is 327 g/mol. The summed E-state index contributed by atoms with van der Waals surface area (Å²) in [7, 11) is 0. The highest BCUT2D eigenvalue weighted by molar-refractivity contribution is 5.85. The number of hydrogen-bond acceptors (Lipinski definition) is 1. The van der Waals surface area contributed by atoms with Crippen molar-refractivity contribution < 1.29 is 30.7 Å². The van der Waals surface area contributed by atoms with Crippen LogP contribution in [0.4, 0.5) is 30.7 Å². The van der Waals surface area contributed by atoms with Crippen molar-refractivity contribution in [2.75, 3.05) is 0 Å². The van der Waals surface area contributed by atoms with E-state index in [-0.39, 0.29) is 31.0 Å². The Kier molecular flexibility index (Phi) is 6.25. The van der Waals surface area contributed by atoms with Crippen molar-refractivity contribution in [3.8, 4) is 0 Å². The van der Waals surface area contributed by atoms with Gasteiger partial charge >= 0.3 is 12.4 Å². The molecule has 9 heteroatoms. The summed E-state index contributed by atoms with van der Waals surface area (Å²) in [6.07, 6.45) is -9.27. The Bertz CT molecular complexity index is 508. The molecule has 0 unspecified atom stereocenters. The van der Waals surface area contributed by atoms with Gasteiger partial charge in [-0.05, 0) is 18.6 Å². The van der Waals surface area contributed by atoms with Crippen LogP contribution in [-0.2, 0) is 12.4 Å². The van der Waals surface area contributed by atoms with E-state index in [2.05, 4.69) is 6.58 Å². The van der Waals surface area contributed by atoms with Gasteiger partial charge in [0.05, 0.1) is 11.1 Å². The molecule has 0 fully saturated rings. The molecule has 1 aromatic rings. The summed E-state index contributed by atoms with van der Waals surface area (Å²) in [6.45, 7) is 3.24. The second-order valence-corrected chi connectivity index (χ2v) is 4.05. The maximum atomic E-state index is 13.6. The Balaban J connectivity index is 0.00000400. The van der Waals surface area contributed by atoms with Crippen LogP contribution in [0.25, 0.3) is 0 Å². The fourth-order valence-electron chi connectivity index (χ4n) is 1.69. The number of halogens is 8. The Labute approximate surface area is 122 Å². The highest BCUT2D eigenvalue weighted by atomic mass is 35.5. The first kappa shape index (κ1) is 19.7. The van der Waals surface area contributed by atoms with Crippen molar-refractivity contribution in [2.24, 2.45) is 5.73 Å². The van der Waals surface area contributed by atoms with Gasteiger partial charge < -0.3 is 5.73 Å². The minimum Gasteiger partial charge on any atom is -0.324 e. The van der Waals surface area contributed by atoms with Crippen LogP contribution in [0.3, 0.4) is 0 Å². The Hall–Kier alpha value is -1.28. The van der Waals surface area contributed by atoms with E-state index >= 15 is 0 Å². The molecule has 0 aromatic heterocycles. The molecule has 0 saturated carbocycles. The van der Waals surface area contributed by atoms with Gasteiger partial charge in [-0.15, -0.1) is 19.0 Å². The molecule has 1 rings (SSSR count). The first-order chi connectivity index (χ1) is 8.98. The Morgan fingerprint density at radius 2 is 1.62 bits per heavy atom. The van der Waals surface area contributed by atoms with Crippen molar-refractivity contribution in [3.05, 3.63) is 47.3 Å². The molecule has 0 radical (unpaired) electrons. The van der Waals surface area contributed by atoms with Crippen molar-refractivity contribution in [2.45, 2.75) is 24.8 Å². The van der Waals surface area contributed by atoms with E-state index in [1.54, 1.807) is 0 Å². The van der Waals surface area contributed by atoms with Gasteiger partial charge in [-0.25, -0.2) is 4.39 Å². The molecular formula is C12H11ClF7N. The molecule has 0 bridgehead atoms. The lowest BCUT2D eigenvalue weighted by Gasteiger charge is -2.20. The van der Waals surface area contributed by atoms with E-state index < -0.39 is 40.9 Å². The second kappa shape index (κ2) is 6.65. The summed E-state index contributed by atoms with van der Waals surface area (Å²) in [4.78, 5) is 0. The third kappa shape index (κ3) is 4.60. The normalized spacial score (nSPS) is 13.5. The van der Waals surface area contributed by atoms with Gasteiger partial charge in [-0.1, -0.05) is 6.08 Å². The summed E-state index contributed by atoms with van der Waals surface area (Å²) in [5.41, 5.74) is 0.941. The minimum atomic E-state index is -5.14. The monoisotopic (exact) mass is 337 g/mol. The minimum absolute atomic E-state index is 0. The number of nitrogens with two attached hydrogens (primary N) is 1. The maximum absolute atomic E-state index is 13.6. The van der Waals surface area contributed by atoms with Gasteiger partial charge in [0.15, 0.2) is 0 Å². The van der Waals surface area contributed by atoms with E-state index in [0.29, 0.717) is 0 Å². The standard InChI is InChI=1S/C12H10F7N.ClH/c1-2-3-9(20)10-7(12(17,18)19)4-6(5-8(10)13)11(14,15)16;/h2,4-5,9H,1,3,20H2;1H/t9-;/m1./s1. The summed E-state index contributed by atoms with van der Waals surface area (Å²) in [6, 6.07) is -1.55. The predicted octanol–water partition coefficient (Wildman–Crippen LogP) is 4.86. The van der Waals surface area contributed by atoms with E-state index in [4.69, 9.17) is 5.73 Å². The first-order valence-corrected chi connectivity index (χ1v) is 5.32. The van der Waals surface area contributed by atoms with Gasteiger partial charge in [0, 0.05) is 11.6 Å². The fraction of sp³-hybridized carbons (Fsp3) is 0.333. The Morgan fingerprint density at radius 1 is 1.10 bits per heavy atom. The SMILES string of the molecule is C=CC[C@@H](N)c1c(F)cc(C(F)(F)F)cc1C(F)(F)F.Cl. The molecule has 2 N–H and O–H groups in total. The van der Waals surface area contributed by atoms with Crippen molar-refractivity contribution in [1.29, 1.82) is 0 Å². The molecule has 0 saturated heterocycles. The van der Waals surface area contributed by atoms with Gasteiger partial charge in [0.25, 0.3) is 0 Å². The summed E-state index contributed by atoms with van der Waals surface area (Å²) >= 11 is 0. The molecule has 21 heavy (non-hydrogen) atoms. The third-order valence-electron chi connectivity index (χ3n) is 2.55. The van der Waals surface area contributed by atoms with Crippen molar-refractivity contribution in [1.82, 2.24) is 0 Å². The smallest absolute Gasteiger partial charge is 0.324 e. The molecule has 120 valence electrons. The summed E-state index contributed by atoms with van der Waals surface area (Å²) in [5, 5.41) is 0. The van der Waals surface area contributed by atoms with E-state index in [1.165, 1.54) is 0 Å². The van der Waals surface area contributed by atoms with Crippen LogP contribution in [0.2, 0.25) is 0 Å². The quantitative estimate of drug-likeness (QED) is 0.618. The van der Waals surface area contributed by atoms with Crippen molar-refractivity contribution in [3.63, 3.8) is 0 Å². The summed E-state index contributed by atoms with van der Waals surface area (Å²) in [5.74, 6) is -1.64. The molecule has 1 aromatic carbocycles. The highest BCUT2D eigenvalue weighted by Gasteiger charge is 2.40. The fourth-order valence-corrected chi connectivity index (χ4v) is 1.69. The molecule has 0 aliphatic heterocycles. The molecule has 0 heterocycles. The molecule has 0 aliphatic carbocycles. The van der Waals surface area contributed by atoms with Gasteiger partial charge in [0.2, 0.25) is 0 Å². The lowest BCUT2D eigenvalue weighted by Crippen LogP contribution is -2.21. The first-order valence-electron chi connectivity index (χ1n) is 5.32. The summed E-state index contributed by atoms with van der Waals surface area (Å²) < 4.78 is 89.3. The topological polar surface area (TPSA) is 26.0 Å².